The Labute approximate surface area is 127 Å². The number of aromatic nitrogens is 1. The van der Waals surface area contributed by atoms with Crippen molar-refractivity contribution in [3.63, 3.8) is 0 Å². The molecule has 19 heavy (non-hydrogen) atoms. The molecule has 2 aromatic heterocycles. The van der Waals surface area contributed by atoms with Gasteiger partial charge in [0.05, 0.1) is 15.0 Å². The highest BCUT2D eigenvalue weighted by molar-refractivity contribution is 7.16. The van der Waals surface area contributed by atoms with Crippen LogP contribution in [-0.2, 0) is 6.42 Å². The highest BCUT2D eigenvalue weighted by Crippen LogP contribution is 2.30. The fraction of sp³-hybridized carbons (Fsp3) is 0.500. The third kappa shape index (κ3) is 4.02. The van der Waals surface area contributed by atoms with Crippen LogP contribution in [0.25, 0.3) is 0 Å². The van der Waals surface area contributed by atoms with Gasteiger partial charge in [0.1, 0.15) is 0 Å². The highest BCUT2D eigenvalue weighted by Gasteiger charge is 2.18. The van der Waals surface area contributed by atoms with Crippen molar-refractivity contribution in [3.8, 4) is 0 Å². The molecular formula is C14H19ClN2S2. The van der Waals surface area contributed by atoms with Gasteiger partial charge in [-0.2, -0.15) is 0 Å². The van der Waals surface area contributed by atoms with Gasteiger partial charge in [0, 0.05) is 22.2 Å². The third-order valence-electron chi connectivity index (χ3n) is 2.93. The summed E-state index contributed by atoms with van der Waals surface area (Å²) in [6, 6.07) is 4.45. The van der Waals surface area contributed by atoms with Crippen LogP contribution in [0.4, 0.5) is 0 Å². The van der Waals surface area contributed by atoms with Gasteiger partial charge in [0.2, 0.25) is 0 Å². The zero-order valence-electron chi connectivity index (χ0n) is 11.5. The lowest BCUT2D eigenvalue weighted by Gasteiger charge is -2.17. The molecule has 5 heteroatoms. The Kier molecular flexibility index (Phi) is 5.39. The molecule has 0 fully saturated rings. The summed E-state index contributed by atoms with van der Waals surface area (Å²) in [5.41, 5.74) is 1.15. The van der Waals surface area contributed by atoms with Gasteiger partial charge in [-0.1, -0.05) is 18.5 Å². The predicted molar refractivity (Wildman–Crippen MR) is 85.7 cm³/mol. The first-order chi connectivity index (χ1) is 9.10. The second kappa shape index (κ2) is 6.84. The Morgan fingerprint density at radius 3 is 2.63 bits per heavy atom. The number of hydrogen-bond donors (Lipinski definition) is 1. The van der Waals surface area contributed by atoms with Gasteiger partial charge in [-0.05, 0) is 38.9 Å². The SMILES string of the molecule is CCCNC(Cc1ccc(Cl)s1)c1sc(C)nc1C. The molecule has 2 aromatic rings. The maximum atomic E-state index is 6.02. The van der Waals surface area contributed by atoms with E-state index in [2.05, 4.69) is 37.1 Å². The van der Waals surface area contributed by atoms with Crippen LogP contribution in [0.2, 0.25) is 4.34 Å². The van der Waals surface area contributed by atoms with Gasteiger partial charge in [0.15, 0.2) is 0 Å². The van der Waals surface area contributed by atoms with Gasteiger partial charge in [-0.15, -0.1) is 22.7 Å². The van der Waals surface area contributed by atoms with Gasteiger partial charge >= 0.3 is 0 Å². The topological polar surface area (TPSA) is 24.9 Å². The predicted octanol–water partition coefficient (Wildman–Crippen LogP) is 4.76. The number of rotatable bonds is 6. The molecule has 2 rings (SSSR count). The molecule has 0 bridgehead atoms. The summed E-state index contributed by atoms with van der Waals surface area (Å²) in [6.45, 7) is 7.39. The van der Waals surface area contributed by atoms with E-state index in [-0.39, 0.29) is 0 Å². The summed E-state index contributed by atoms with van der Waals surface area (Å²) in [5.74, 6) is 0. The standard InChI is InChI=1S/C14H19ClN2S2/c1-4-7-16-12(8-11-5-6-13(15)19-11)14-9(2)17-10(3)18-14/h5-6,12,16H,4,7-8H2,1-3H3. The van der Waals surface area contributed by atoms with Crippen molar-refractivity contribution in [2.24, 2.45) is 0 Å². The van der Waals surface area contributed by atoms with E-state index in [0.717, 1.165) is 34.4 Å². The monoisotopic (exact) mass is 314 g/mol. The summed E-state index contributed by atoms with van der Waals surface area (Å²) in [5, 5.41) is 4.77. The lowest BCUT2D eigenvalue weighted by molar-refractivity contribution is 0.537. The second-order valence-electron chi connectivity index (χ2n) is 4.60. The molecule has 0 aliphatic heterocycles. The number of hydrogen-bond acceptors (Lipinski definition) is 4. The maximum Gasteiger partial charge on any atom is 0.0931 e. The van der Waals surface area contributed by atoms with Crippen molar-refractivity contribution in [3.05, 3.63) is 36.9 Å². The largest absolute Gasteiger partial charge is 0.309 e. The molecule has 0 saturated carbocycles. The van der Waals surface area contributed by atoms with Crippen molar-refractivity contribution in [1.29, 1.82) is 0 Å². The van der Waals surface area contributed by atoms with E-state index in [1.165, 1.54) is 9.75 Å². The first-order valence-corrected chi connectivity index (χ1v) is 8.52. The molecule has 0 aromatic carbocycles. The zero-order valence-corrected chi connectivity index (χ0v) is 13.9. The average molecular weight is 315 g/mol. The Balaban J connectivity index is 2.18. The molecule has 0 aliphatic carbocycles. The normalized spacial score (nSPS) is 12.8. The summed E-state index contributed by atoms with van der Waals surface area (Å²) >= 11 is 9.48. The van der Waals surface area contributed by atoms with E-state index in [1.807, 2.05) is 6.07 Å². The van der Waals surface area contributed by atoms with E-state index in [9.17, 15) is 0 Å². The maximum absolute atomic E-state index is 6.02. The van der Waals surface area contributed by atoms with Crippen LogP contribution < -0.4 is 5.32 Å². The van der Waals surface area contributed by atoms with Crippen LogP contribution in [0.15, 0.2) is 12.1 Å². The molecule has 1 atom stereocenters. The Morgan fingerprint density at radius 2 is 2.11 bits per heavy atom. The van der Waals surface area contributed by atoms with Crippen LogP contribution in [0.3, 0.4) is 0 Å². The Morgan fingerprint density at radius 1 is 1.32 bits per heavy atom. The lowest BCUT2D eigenvalue weighted by Crippen LogP contribution is -2.23. The molecule has 0 saturated heterocycles. The third-order valence-corrected chi connectivity index (χ3v) is 5.37. The van der Waals surface area contributed by atoms with Gasteiger partial charge in [-0.3, -0.25) is 0 Å². The number of aryl methyl sites for hydroxylation is 2. The molecular weight excluding hydrogens is 296 g/mol. The van der Waals surface area contributed by atoms with Crippen molar-refractivity contribution >= 4 is 34.3 Å². The van der Waals surface area contributed by atoms with Crippen LogP contribution in [0, 0.1) is 13.8 Å². The summed E-state index contributed by atoms with van der Waals surface area (Å²) < 4.78 is 0.862. The highest BCUT2D eigenvalue weighted by atomic mass is 35.5. The minimum Gasteiger partial charge on any atom is -0.309 e. The number of nitrogens with zero attached hydrogens (tertiary/aromatic N) is 1. The Bertz CT molecular complexity index is 533. The second-order valence-corrected chi connectivity index (χ2v) is 7.63. The molecule has 1 N–H and O–H groups in total. The van der Waals surface area contributed by atoms with Gasteiger partial charge < -0.3 is 5.32 Å². The molecule has 2 nitrogen and oxygen atoms in total. The van der Waals surface area contributed by atoms with Crippen LogP contribution in [-0.4, -0.2) is 11.5 Å². The van der Waals surface area contributed by atoms with E-state index in [0.29, 0.717) is 6.04 Å². The lowest BCUT2D eigenvalue weighted by atomic mass is 10.1. The molecule has 0 radical (unpaired) electrons. The fourth-order valence-corrected chi connectivity index (χ4v) is 4.25. The van der Waals surface area contributed by atoms with E-state index >= 15 is 0 Å². The van der Waals surface area contributed by atoms with Crippen molar-refractivity contribution in [2.45, 2.75) is 39.7 Å². The number of thiophene rings is 1. The first kappa shape index (κ1) is 15.0. The van der Waals surface area contributed by atoms with Crippen molar-refractivity contribution < 1.29 is 0 Å². The molecule has 0 amide bonds. The number of nitrogens with one attached hydrogen (secondary N) is 1. The molecule has 0 aliphatic rings. The summed E-state index contributed by atoms with van der Waals surface area (Å²) in [4.78, 5) is 7.22. The number of thiazole rings is 1. The van der Waals surface area contributed by atoms with E-state index < -0.39 is 0 Å². The zero-order chi connectivity index (χ0) is 13.8. The van der Waals surface area contributed by atoms with Crippen molar-refractivity contribution in [2.75, 3.05) is 6.54 Å². The van der Waals surface area contributed by atoms with Gasteiger partial charge in [-0.25, -0.2) is 4.98 Å². The first-order valence-electron chi connectivity index (χ1n) is 6.51. The average Bonchev–Trinajstić information content (AvgIpc) is 2.91. The van der Waals surface area contributed by atoms with Crippen molar-refractivity contribution in [1.82, 2.24) is 10.3 Å². The fourth-order valence-electron chi connectivity index (χ4n) is 2.11. The summed E-state index contributed by atoms with van der Waals surface area (Å²) in [6.07, 6.45) is 2.12. The number of halogens is 1. The Hall–Kier alpha value is -0.420. The van der Waals surface area contributed by atoms with Crippen LogP contribution >= 0.6 is 34.3 Å². The van der Waals surface area contributed by atoms with E-state index in [4.69, 9.17) is 11.6 Å². The molecule has 1 unspecified atom stereocenters. The van der Waals surface area contributed by atoms with Crippen LogP contribution in [0.1, 0.15) is 39.8 Å². The molecule has 0 spiro atoms. The minimum atomic E-state index is 0.348. The molecule has 2 heterocycles. The van der Waals surface area contributed by atoms with E-state index in [1.54, 1.807) is 22.7 Å². The summed E-state index contributed by atoms with van der Waals surface area (Å²) in [7, 11) is 0. The minimum absolute atomic E-state index is 0.348. The molecule has 104 valence electrons. The smallest absolute Gasteiger partial charge is 0.0931 e. The quantitative estimate of drug-likeness (QED) is 0.831. The van der Waals surface area contributed by atoms with Crippen LogP contribution in [0.5, 0.6) is 0 Å². The van der Waals surface area contributed by atoms with Gasteiger partial charge in [0.25, 0.3) is 0 Å².